The average Bonchev–Trinajstić information content (AvgIpc) is 3.45. The number of hydrogen-bond donors (Lipinski definition) is 0. The van der Waals surface area contributed by atoms with Gasteiger partial charge in [-0.25, -0.2) is 18.2 Å². The molecule has 3 aromatic carbocycles. The molecule has 0 amide bonds. The molecule has 0 bridgehead atoms. The van der Waals surface area contributed by atoms with Crippen LogP contribution in [0.4, 0.5) is 19.0 Å². The molecule has 0 saturated carbocycles. The topological polar surface area (TPSA) is 31.7 Å². The Bertz CT molecular complexity index is 1440. The van der Waals surface area contributed by atoms with Crippen molar-refractivity contribution in [3.8, 4) is 11.1 Å². The standard InChI is InChI=1S/C32H29F3N4/c33-26-11-4-22(5-12-26)21-38-16-18-39(19-17-38)31-15-10-25(20-36-31)23-6-8-24(9-7-23)29-13-14-30(37-29)32-27(34)2-1-3-28(32)35/h1-12,15,20,29H,13-14,16-19,21H2. The van der Waals surface area contributed by atoms with E-state index in [0.717, 1.165) is 67.2 Å². The third-order valence-electron chi connectivity index (χ3n) is 7.61. The number of benzene rings is 3. The van der Waals surface area contributed by atoms with Gasteiger partial charge in [-0.05, 0) is 65.9 Å². The van der Waals surface area contributed by atoms with Gasteiger partial charge in [-0.1, -0.05) is 42.5 Å². The number of piperazine rings is 1. The van der Waals surface area contributed by atoms with Gasteiger partial charge >= 0.3 is 0 Å². The second kappa shape index (κ2) is 11.0. The Morgan fingerprint density at radius 1 is 0.744 bits per heavy atom. The van der Waals surface area contributed by atoms with Gasteiger partial charge in [0.2, 0.25) is 0 Å². The monoisotopic (exact) mass is 526 g/mol. The summed E-state index contributed by atoms with van der Waals surface area (Å²) in [6.45, 7) is 4.46. The van der Waals surface area contributed by atoms with E-state index in [1.165, 1.54) is 30.3 Å². The highest BCUT2D eigenvalue weighted by Gasteiger charge is 2.24. The molecule has 0 radical (unpaired) electrons. The molecule has 198 valence electrons. The number of pyridine rings is 1. The normalized spacial score (nSPS) is 17.9. The van der Waals surface area contributed by atoms with E-state index in [0.29, 0.717) is 12.1 Å². The van der Waals surface area contributed by atoms with E-state index in [-0.39, 0.29) is 17.4 Å². The summed E-state index contributed by atoms with van der Waals surface area (Å²) in [5, 5.41) is 0. The maximum atomic E-state index is 14.2. The minimum Gasteiger partial charge on any atom is -0.354 e. The largest absolute Gasteiger partial charge is 0.354 e. The van der Waals surface area contributed by atoms with Gasteiger partial charge in [0.05, 0.1) is 11.6 Å². The fourth-order valence-electron chi connectivity index (χ4n) is 5.42. The minimum atomic E-state index is -0.562. The summed E-state index contributed by atoms with van der Waals surface area (Å²) in [4.78, 5) is 14.1. The van der Waals surface area contributed by atoms with Crippen molar-refractivity contribution in [1.82, 2.24) is 9.88 Å². The van der Waals surface area contributed by atoms with Crippen molar-refractivity contribution in [2.24, 2.45) is 4.99 Å². The van der Waals surface area contributed by atoms with E-state index in [9.17, 15) is 13.2 Å². The summed E-state index contributed by atoms with van der Waals surface area (Å²) in [5.41, 5.74) is 4.74. The fourth-order valence-corrected chi connectivity index (χ4v) is 5.42. The first-order valence-corrected chi connectivity index (χ1v) is 13.3. The molecule has 2 aliphatic heterocycles. The number of anilines is 1. The lowest BCUT2D eigenvalue weighted by atomic mass is 10.00. The Balaban J connectivity index is 1.07. The molecule has 1 unspecified atom stereocenters. The molecule has 0 aliphatic carbocycles. The van der Waals surface area contributed by atoms with Gasteiger partial charge in [-0.3, -0.25) is 9.89 Å². The summed E-state index contributed by atoms with van der Waals surface area (Å²) >= 11 is 0. The van der Waals surface area contributed by atoms with Crippen molar-refractivity contribution in [2.45, 2.75) is 25.4 Å². The molecular formula is C32H29F3N4. The van der Waals surface area contributed by atoms with Crippen molar-refractivity contribution in [3.63, 3.8) is 0 Å². The van der Waals surface area contributed by atoms with Gasteiger partial charge in [0.15, 0.2) is 0 Å². The van der Waals surface area contributed by atoms with Crippen LogP contribution in [0.15, 0.2) is 90.1 Å². The smallest absolute Gasteiger partial charge is 0.135 e. The highest BCUT2D eigenvalue weighted by Crippen LogP contribution is 2.33. The number of halogens is 3. The zero-order valence-corrected chi connectivity index (χ0v) is 21.5. The number of rotatable bonds is 6. The Morgan fingerprint density at radius 2 is 1.44 bits per heavy atom. The number of aliphatic imine (C=N–C) groups is 1. The van der Waals surface area contributed by atoms with E-state index < -0.39 is 11.6 Å². The molecule has 3 heterocycles. The number of aromatic nitrogens is 1. The van der Waals surface area contributed by atoms with Crippen molar-refractivity contribution < 1.29 is 13.2 Å². The molecule has 1 saturated heterocycles. The van der Waals surface area contributed by atoms with Crippen LogP contribution >= 0.6 is 0 Å². The van der Waals surface area contributed by atoms with Crippen LogP contribution in [0, 0.1) is 17.5 Å². The third kappa shape index (κ3) is 5.59. The Hall–Kier alpha value is -3.97. The van der Waals surface area contributed by atoms with Crippen LogP contribution in [-0.4, -0.2) is 41.8 Å². The van der Waals surface area contributed by atoms with Crippen molar-refractivity contribution >= 4 is 11.5 Å². The molecule has 0 N–H and O–H groups in total. The van der Waals surface area contributed by atoms with E-state index >= 15 is 0 Å². The first kappa shape index (κ1) is 25.3. The van der Waals surface area contributed by atoms with Crippen LogP contribution in [0.1, 0.15) is 35.6 Å². The molecular weight excluding hydrogens is 497 g/mol. The van der Waals surface area contributed by atoms with E-state index in [1.807, 2.05) is 30.5 Å². The van der Waals surface area contributed by atoms with E-state index in [2.05, 4.69) is 39.1 Å². The average molecular weight is 527 g/mol. The number of nitrogens with zero attached hydrogens (tertiary/aromatic N) is 4. The van der Waals surface area contributed by atoms with Gasteiger partial charge < -0.3 is 4.90 Å². The van der Waals surface area contributed by atoms with E-state index in [4.69, 9.17) is 4.98 Å². The molecule has 2 aliphatic rings. The maximum Gasteiger partial charge on any atom is 0.135 e. The van der Waals surface area contributed by atoms with Crippen LogP contribution in [0.2, 0.25) is 0 Å². The van der Waals surface area contributed by atoms with Crippen LogP contribution < -0.4 is 4.90 Å². The zero-order valence-electron chi connectivity index (χ0n) is 21.5. The van der Waals surface area contributed by atoms with Crippen LogP contribution in [0.25, 0.3) is 11.1 Å². The quantitative estimate of drug-likeness (QED) is 0.277. The van der Waals surface area contributed by atoms with Crippen molar-refractivity contribution in [2.75, 3.05) is 31.1 Å². The van der Waals surface area contributed by atoms with Gasteiger partial charge in [-0.15, -0.1) is 0 Å². The SMILES string of the molecule is Fc1ccc(CN2CCN(c3ccc(-c4ccc(C5CCC(c6c(F)cccc6F)=N5)cc4)cn3)CC2)cc1. The molecule has 1 aromatic heterocycles. The predicted molar refractivity (Wildman–Crippen MR) is 148 cm³/mol. The molecule has 39 heavy (non-hydrogen) atoms. The van der Waals surface area contributed by atoms with E-state index in [1.54, 1.807) is 0 Å². The lowest BCUT2D eigenvalue weighted by molar-refractivity contribution is 0.249. The lowest BCUT2D eigenvalue weighted by Crippen LogP contribution is -2.46. The molecule has 0 spiro atoms. The second-order valence-corrected chi connectivity index (χ2v) is 10.1. The fraction of sp³-hybridized carbons (Fsp3) is 0.250. The summed E-state index contributed by atoms with van der Waals surface area (Å²) in [5.74, 6) is -0.366. The number of hydrogen-bond acceptors (Lipinski definition) is 4. The Morgan fingerprint density at radius 3 is 2.10 bits per heavy atom. The Kier molecular flexibility index (Phi) is 7.16. The molecule has 4 nitrogen and oxygen atoms in total. The summed E-state index contributed by atoms with van der Waals surface area (Å²) in [7, 11) is 0. The van der Waals surface area contributed by atoms with Gasteiger partial charge in [0.25, 0.3) is 0 Å². The highest BCUT2D eigenvalue weighted by molar-refractivity contribution is 6.02. The molecule has 4 aromatic rings. The van der Waals surface area contributed by atoms with Crippen molar-refractivity contribution in [1.29, 1.82) is 0 Å². The van der Waals surface area contributed by atoms with Gasteiger partial charge in [0, 0.05) is 50.2 Å². The minimum absolute atomic E-state index is 0.00271. The summed E-state index contributed by atoms with van der Waals surface area (Å²) in [6, 6.07) is 22.9. The Labute approximate surface area is 226 Å². The molecule has 1 fully saturated rings. The van der Waals surface area contributed by atoms with Crippen LogP contribution in [0.5, 0.6) is 0 Å². The van der Waals surface area contributed by atoms with Crippen LogP contribution in [-0.2, 0) is 6.54 Å². The third-order valence-corrected chi connectivity index (χ3v) is 7.61. The second-order valence-electron chi connectivity index (χ2n) is 10.1. The molecule has 6 rings (SSSR count). The molecule has 1 atom stereocenters. The summed E-state index contributed by atoms with van der Waals surface area (Å²) in [6.07, 6.45) is 3.19. The first-order chi connectivity index (χ1) is 19.0. The van der Waals surface area contributed by atoms with Gasteiger partial charge in [0.1, 0.15) is 23.3 Å². The lowest BCUT2D eigenvalue weighted by Gasteiger charge is -2.35. The van der Waals surface area contributed by atoms with Crippen LogP contribution in [0.3, 0.4) is 0 Å². The maximum absolute atomic E-state index is 14.2. The zero-order chi connectivity index (χ0) is 26.8. The first-order valence-electron chi connectivity index (χ1n) is 13.3. The predicted octanol–water partition coefficient (Wildman–Crippen LogP) is 6.81. The summed E-state index contributed by atoms with van der Waals surface area (Å²) < 4.78 is 41.5. The van der Waals surface area contributed by atoms with Crippen molar-refractivity contribution in [3.05, 3.63) is 119 Å². The molecule has 7 heteroatoms. The highest BCUT2D eigenvalue weighted by atomic mass is 19.1. The van der Waals surface area contributed by atoms with Gasteiger partial charge in [-0.2, -0.15) is 0 Å².